The number of rotatable bonds is 4. The van der Waals surface area contributed by atoms with Gasteiger partial charge in [0.2, 0.25) is 5.91 Å². The third-order valence-corrected chi connectivity index (χ3v) is 4.59. The average molecular weight is 382 g/mol. The number of ether oxygens (including phenoxy) is 1. The van der Waals surface area contributed by atoms with Crippen LogP contribution in [0.3, 0.4) is 0 Å². The van der Waals surface area contributed by atoms with Crippen molar-refractivity contribution in [3.63, 3.8) is 0 Å². The fourth-order valence-electron chi connectivity index (χ4n) is 2.95. The van der Waals surface area contributed by atoms with E-state index in [0.717, 1.165) is 11.4 Å². The van der Waals surface area contributed by atoms with E-state index in [4.69, 9.17) is 0 Å². The largest absolute Gasteiger partial charge is 0.465 e. The van der Waals surface area contributed by atoms with Gasteiger partial charge in [-0.1, -0.05) is 0 Å². The third-order valence-electron chi connectivity index (χ3n) is 4.59. The molecule has 1 saturated heterocycles. The molecular weight excluding hydrogens is 360 g/mol. The molecule has 1 aromatic heterocycles. The molecule has 1 fully saturated rings. The first-order valence-electron chi connectivity index (χ1n) is 8.94. The van der Waals surface area contributed by atoms with Crippen LogP contribution < -0.4 is 5.32 Å². The molecule has 1 N–H and O–H groups in total. The molecule has 2 amide bonds. The Morgan fingerprint density at radius 2 is 1.54 bits per heavy atom. The second kappa shape index (κ2) is 8.51. The minimum atomic E-state index is -0.389. The molecule has 28 heavy (non-hydrogen) atoms. The van der Waals surface area contributed by atoms with Gasteiger partial charge in [-0.3, -0.25) is 9.59 Å². The molecule has 0 atom stereocenters. The third kappa shape index (κ3) is 4.46. The van der Waals surface area contributed by atoms with Crippen LogP contribution in [0.5, 0.6) is 0 Å². The number of nitrogens with zero attached hydrogens (tertiary/aromatic N) is 3. The van der Waals surface area contributed by atoms with Crippen LogP contribution in [0.4, 0.5) is 11.4 Å². The van der Waals surface area contributed by atoms with Crippen LogP contribution in [0.15, 0.2) is 42.6 Å². The van der Waals surface area contributed by atoms with E-state index in [1.54, 1.807) is 52.4 Å². The van der Waals surface area contributed by atoms with Crippen LogP contribution in [-0.4, -0.2) is 65.9 Å². The van der Waals surface area contributed by atoms with Crippen molar-refractivity contribution < 1.29 is 19.1 Å². The van der Waals surface area contributed by atoms with Crippen molar-refractivity contribution in [2.24, 2.45) is 0 Å². The van der Waals surface area contributed by atoms with Gasteiger partial charge in [0.15, 0.2) is 0 Å². The number of hydrogen-bond acceptors (Lipinski definition) is 6. The molecule has 3 rings (SSSR count). The molecule has 0 aliphatic carbocycles. The predicted molar refractivity (Wildman–Crippen MR) is 103 cm³/mol. The second-order valence-electron chi connectivity index (χ2n) is 6.42. The number of anilines is 2. The van der Waals surface area contributed by atoms with Crippen molar-refractivity contribution in [2.75, 3.05) is 38.6 Å². The summed E-state index contributed by atoms with van der Waals surface area (Å²) >= 11 is 0. The monoisotopic (exact) mass is 382 g/mol. The van der Waals surface area contributed by atoms with E-state index >= 15 is 0 Å². The highest BCUT2D eigenvalue weighted by Crippen LogP contribution is 2.17. The summed E-state index contributed by atoms with van der Waals surface area (Å²) in [7, 11) is 1.34. The molecule has 8 heteroatoms. The maximum atomic E-state index is 12.6. The van der Waals surface area contributed by atoms with Crippen molar-refractivity contribution in [1.29, 1.82) is 0 Å². The summed E-state index contributed by atoms with van der Waals surface area (Å²) < 4.78 is 4.67. The first kappa shape index (κ1) is 19.3. The van der Waals surface area contributed by atoms with Crippen LogP contribution in [0, 0.1) is 0 Å². The number of benzene rings is 1. The van der Waals surface area contributed by atoms with Gasteiger partial charge in [0, 0.05) is 38.8 Å². The summed E-state index contributed by atoms with van der Waals surface area (Å²) in [5.41, 5.74) is 2.34. The minimum Gasteiger partial charge on any atom is -0.465 e. The van der Waals surface area contributed by atoms with Gasteiger partial charge in [-0.15, -0.1) is 0 Å². The highest BCUT2D eigenvalue weighted by Gasteiger charge is 2.23. The van der Waals surface area contributed by atoms with E-state index in [0.29, 0.717) is 37.4 Å². The van der Waals surface area contributed by atoms with E-state index in [9.17, 15) is 14.4 Å². The van der Waals surface area contributed by atoms with Gasteiger partial charge in [0.05, 0.1) is 24.6 Å². The first-order chi connectivity index (χ1) is 13.5. The first-order valence-corrected chi connectivity index (χ1v) is 8.94. The summed E-state index contributed by atoms with van der Waals surface area (Å²) in [6, 6.07) is 10.3. The lowest BCUT2D eigenvalue weighted by Crippen LogP contribution is -2.50. The smallest absolute Gasteiger partial charge is 0.337 e. The molecule has 2 heterocycles. The summed E-state index contributed by atoms with van der Waals surface area (Å²) in [6.07, 6.45) is 1.59. The minimum absolute atomic E-state index is 0.0280. The highest BCUT2D eigenvalue weighted by molar-refractivity contribution is 5.93. The number of carbonyl (C=O) groups excluding carboxylic acids is 3. The SMILES string of the molecule is COC(=O)c1ccc(Nc2ccc(C(=O)N3CCN(C(C)=O)CC3)nc2)cc1. The molecule has 1 aliphatic rings. The quantitative estimate of drug-likeness (QED) is 0.813. The molecule has 0 radical (unpaired) electrons. The highest BCUT2D eigenvalue weighted by atomic mass is 16.5. The Morgan fingerprint density at radius 3 is 2.07 bits per heavy atom. The Hall–Kier alpha value is -3.42. The topological polar surface area (TPSA) is 91.8 Å². The fraction of sp³-hybridized carbons (Fsp3) is 0.300. The number of carbonyl (C=O) groups is 3. The lowest BCUT2D eigenvalue weighted by atomic mass is 10.2. The van der Waals surface area contributed by atoms with E-state index in [-0.39, 0.29) is 17.8 Å². The van der Waals surface area contributed by atoms with Gasteiger partial charge < -0.3 is 19.9 Å². The van der Waals surface area contributed by atoms with E-state index in [1.165, 1.54) is 14.0 Å². The Morgan fingerprint density at radius 1 is 0.929 bits per heavy atom. The number of hydrogen-bond donors (Lipinski definition) is 1. The fourth-order valence-corrected chi connectivity index (χ4v) is 2.95. The molecule has 0 spiro atoms. The van der Waals surface area contributed by atoms with Crippen molar-refractivity contribution in [3.05, 3.63) is 53.9 Å². The maximum absolute atomic E-state index is 12.6. The zero-order valence-corrected chi connectivity index (χ0v) is 15.8. The van der Waals surface area contributed by atoms with Gasteiger partial charge in [0.1, 0.15) is 5.69 Å². The van der Waals surface area contributed by atoms with Crippen LogP contribution in [0.1, 0.15) is 27.8 Å². The van der Waals surface area contributed by atoms with Crippen molar-refractivity contribution in [3.8, 4) is 0 Å². The molecule has 1 aliphatic heterocycles. The number of methoxy groups -OCH3 is 1. The molecule has 1 aromatic carbocycles. The molecule has 0 saturated carbocycles. The van der Waals surface area contributed by atoms with Crippen LogP contribution in [-0.2, 0) is 9.53 Å². The molecule has 0 bridgehead atoms. The molecule has 146 valence electrons. The van der Waals surface area contributed by atoms with Gasteiger partial charge in [0.25, 0.3) is 5.91 Å². The van der Waals surface area contributed by atoms with Crippen LogP contribution in [0.25, 0.3) is 0 Å². The molecule has 0 unspecified atom stereocenters. The number of piperazine rings is 1. The summed E-state index contributed by atoms with van der Waals surface area (Å²) in [5, 5.41) is 3.17. The van der Waals surface area contributed by atoms with Gasteiger partial charge in [-0.05, 0) is 36.4 Å². The zero-order valence-electron chi connectivity index (χ0n) is 15.8. The normalized spacial score (nSPS) is 13.8. The maximum Gasteiger partial charge on any atom is 0.337 e. The molecule has 8 nitrogen and oxygen atoms in total. The summed E-state index contributed by atoms with van der Waals surface area (Å²) in [5.74, 6) is -0.502. The lowest BCUT2D eigenvalue weighted by molar-refractivity contribution is -0.130. The summed E-state index contributed by atoms with van der Waals surface area (Å²) in [6.45, 7) is 3.64. The van der Waals surface area contributed by atoms with Crippen molar-refractivity contribution >= 4 is 29.2 Å². The Labute approximate surface area is 163 Å². The van der Waals surface area contributed by atoms with Crippen LogP contribution >= 0.6 is 0 Å². The number of amides is 2. The molecule has 2 aromatic rings. The lowest BCUT2D eigenvalue weighted by Gasteiger charge is -2.34. The Balaban J connectivity index is 1.59. The van der Waals surface area contributed by atoms with E-state index < -0.39 is 0 Å². The van der Waals surface area contributed by atoms with Gasteiger partial charge >= 0.3 is 5.97 Å². The van der Waals surface area contributed by atoms with E-state index in [2.05, 4.69) is 15.0 Å². The van der Waals surface area contributed by atoms with Crippen LogP contribution in [0.2, 0.25) is 0 Å². The second-order valence-corrected chi connectivity index (χ2v) is 6.42. The molecular formula is C20H22N4O4. The summed E-state index contributed by atoms with van der Waals surface area (Å²) in [4.78, 5) is 43.1. The van der Waals surface area contributed by atoms with Gasteiger partial charge in [-0.2, -0.15) is 0 Å². The number of pyridine rings is 1. The van der Waals surface area contributed by atoms with Crippen molar-refractivity contribution in [1.82, 2.24) is 14.8 Å². The average Bonchev–Trinajstić information content (AvgIpc) is 2.74. The standard InChI is InChI=1S/C20H22N4O4/c1-14(25)23-9-11-24(12-10-23)19(26)18-8-7-17(13-21-18)22-16-5-3-15(4-6-16)20(27)28-2/h3-8,13,22H,9-12H2,1-2H3. The van der Waals surface area contributed by atoms with E-state index in [1.807, 2.05) is 0 Å². The zero-order chi connectivity index (χ0) is 20.1. The number of aromatic nitrogens is 1. The Bertz CT molecular complexity index is 857. The Kier molecular flexibility index (Phi) is 5.88. The number of nitrogens with one attached hydrogen (secondary N) is 1. The van der Waals surface area contributed by atoms with Crippen molar-refractivity contribution in [2.45, 2.75) is 6.92 Å². The predicted octanol–water partition coefficient (Wildman–Crippen LogP) is 1.92. The van der Waals surface area contributed by atoms with Gasteiger partial charge in [-0.25, -0.2) is 9.78 Å². The number of esters is 1.